The van der Waals surface area contributed by atoms with Crippen LogP contribution in [0.4, 0.5) is 5.69 Å². The molecule has 1 aliphatic heterocycles. The number of aromatic carboxylic acids is 1. The Kier molecular flexibility index (Phi) is 4.13. The molecule has 18 heavy (non-hydrogen) atoms. The highest BCUT2D eigenvalue weighted by atomic mass is 32.2. The van der Waals surface area contributed by atoms with Crippen LogP contribution >= 0.6 is 23.5 Å². The Morgan fingerprint density at radius 2 is 2.06 bits per heavy atom. The van der Waals surface area contributed by atoms with Crippen LogP contribution in [0.5, 0.6) is 0 Å². The van der Waals surface area contributed by atoms with Gasteiger partial charge in [-0.2, -0.15) is 0 Å². The number of nitrogens with zero attached hydrogens (tertiary/aromatic N) is 1. The molecule has 0 bridgehead atoms. The minimum Gasteiger partial charge on any atom is -0.478 e. The summed E-state index contributed by atoms with van der Waals surface area (Å²) < 4.78 is 0.0608. The van der Waals surface area contributed by atoms with Gasteiger partial charge in [0, 0.05) is 12.1 Å². The van der Waals surface area contributed by atoms with Gasteiger partial charge in [0.25, 0.3) is 5.69 Å². The van der Waals surface area contributed by atoms with Crippen LogP contribution in [0.3, 0.4) is 0 Å². The lowest BCUT2D eigenvalue weighted by Gasteiger charge is -2.22. The second kappa shape index (κ2) is 5.62. The van der Waals surface area contributed by atoms with Crippen LogP contribution < -0.4 is 0 Å². The summed E-state index contributed by atoms with van der Waals surface area (Å²) in [7, 11) is 0. The van der Waals surface area contributed by atoms with E-state index in [4.69, 9.17) is 5.11 Å². The number of benzene rings is 1. The van der Waals surface area contributed by atoms with Gasteiger partial charge in [0.05, 0.1) is 15.1 Å². The number of non-ortho nitro benzene ring substituents is 1. The Balaban J connectivity index is 2.39. The van der Waals surface area contributed by atoms with Crippen LogP contribution in [0.25, 0.3) is 0 Å². The Labute approximate surface area is 112 Å². The number of rotatable bonds is 3. The van der Waals surface area contributed by atoms with Crippen molar-refractivity contribution in [3.8, 4) is 0 Å². The average Bonchev–Trinajstić information content (AvgIpc) is 2.39. The summed E-state index contributed by atoms with van der Waals surface area (Å²) in [4.78, 5) is 21.3. The van der Waals surface area contributed by atoms with Crippen molar-refractivity contribution in [2.45, 2.75) is 11.0 Å². The molecule has 96 valence electrons. The predicted molar refractivity (Wildman–Crippen MR) is 72.3 cm³/mol. The van der Waals surface area contributed by atoms with Crippen LogP contribution in [0, 0.1) is 10.1 Å². The molecule has 1 N–H and O–H groups in total. The molecular formula is C11H11NO4S2. The van der Waals surface area contributed by atoms with Gasteiger partial charge in [-0.15, -0.1) is 23.5 Å². The number of thioether (sulfide) groups is 2. The zero-order chi connectivity index (χ0) is 13.1. The Bertz CT molecular complexity index is 486. The van der Waals surface area contributed by atoms with Crippen LogP contribution in [-0.4, -0.2) is 27.5 Å². The molecule has 0 atom stereocenters. The third-order valence-electron chi connectivity index (χ3n) is 2.56. The molecule has 0 saturated carbocycles. The van der Waals surface area contributed by atoms with Crippen LogP contribution in [-0.2, 0) is 0 Å². The third kappa shape index (κ3) is 2.78. The van der Waals surface area contributed by atoms with E-state index in [1.165, 1.54) is 6.07 Å². The zero-order valence-electron chi connectivity index (χ0n) is 9.37. The van der Waals surface area contributed by atoms with Crippen molar-refractivity contribution in [2.24, 2.45) is 0 Å². The third-order valence-corrected chi connectivity index (χ3v) is 5.54. The molecule has 1 fully saturated rings. The summed E-state index contributed by atoms with van der Waals surface area (Å²) >= 11 is 3.38. The largest absolute Gasteiger partial charge is 0.478 e. The Hall–Kier alpha value is -1.21. The minimum absolute atomic E-state index is 0.0381. The summed E-state index contributed by atoms with van der Waals surface area (Å²) in [6, 6.07) is 4.09. The molecular weight excluding hydrogens is 274 g/mol. The van der Waals surface area contributed by atoms with Crippen molar-refractivity contribution in [1.29, 1.82) is 0 Å². The van der Waals surface area contributed by atoms with E-state index in [-0.39, 0.29) is 15.8 Å². The average molecular weight is 285 g/mol. The highest BCUT2D eigenvalue weighted by Gasteiger charge is 2.24. The zero-order valence-corrected chi connectivity index (χ0v) is 11.0. The van der Waals surface area contributed by atoms with Gasteiger partial charge >= 0.3 is 5.97 Å². The smallest absolute Gasteiger partial charge is 0.336 e. The summed E-state index contributed by atoms with van der Waals surface area (Å²) in [6.07, 6.45) is 1.11. The van der Waals surface area contributed by atoms with E-state index in [9.17, 15) is 14.9 Å². The Morgan fingerprint density at radius 3 is 2.61 bits per heavy atom. The van der Waals surface area contributed by atoms with E-state index < -0.39 is 10.9 Å². The summed E-state index contributed by atoms with van der Waals surface area (Å²) in [5.74, 6) is 0.877. The van der Waals surface area contributed by atoms with E-state index in [1.807, 2.05) is 0 Å². The highest BCUT2D eigenvalue weighted by Crippen LogP contribution is 2.45. The number of carboxylic acid groups (broad SMARTS) is 1. The number of carboxylic acids is 1. The lowest BCUT2D eigenvalue weighted by Crippen LogP contribution is -2.08. The van der Waals surface area contributed by atoms with Gasteiger partial charge < -0.3 is 5.11 Å². The van der Waals surface area contributed by atoms with Crippen molar-refractivity contribution >= 4 is 35.2 Å². The number of carbonyl (C=O) groups is 1. The van der Waals surface area contributed by atoms with Gasteiger partial charge in [-0.05, 0) is 29.6 Å². The fraction of sp³-hybridized carbons (Fsp3) is 0.364. The second-order valence-corrected chi connectivity index (χ2v) is 6.49. The molecule has 1 aliphatic rings. The van der Waals surface area contributed by atoms with Gasteiger partial charge in [0.2, 0.25) is 0 Å². The fourth-order valence-corrected chi connectivity index (χ4v) is 4.68. The van der Waals surface area contributed by atoms with E-state index in [2.05, 4.69) is 0 Å². The first-order valence-corrected chi connectivity index (χ1v) is 7.44. The Morgan fingerprint density at radius 1 is 1.39 bits per heavy atom. The SMILES string of the molecule is O=C(O)c1cc([N+](=O)[O-])ccc1C1SCCCS1. The van der Waals surface area contributed by atoms with Crippen LogP contribution in [0.1, 0.15) is 26.9 Å². The topological polar surface area (TPSA) is 80.4 Å². The molecule has 0 unspecified atom stereocenters. The molecule has 1 aromatic rings. The van der Waals surface area contributed by atoms with Gasteiger partial charge in [-0.3, -0.25) is 10.1 Å². The first kappa shape index (κ1) is 13.2. The predicted octanol–water partition coefficient (Wildman–Crippen LogP) is 3.16. The number of nitro groups is 1. The second-order valence-electron chi connectivity index (χ2n) is 3.76. The van der Waals surface area contributed by atoms with Gasteiger partial charge in [-0.1, -0.05) is 0 Å². The quantitative estimate of drug-likeness (QED) is 0.678. The molecule has 7 heteroatoms. The van der Waals surface area contributed by atoms with Gasteiger partial charge in [0.1, 0.15) is 0 Å². The lowest BCUT2D eigenvalue weighted by molar-refractivity contribution is -0.384. The van der Waals surface area contributed by atoms with Gasteiger partial charge in [-0.25, -0.2) is 4.79 Å². The number of hydrogen-bond donors (Lipinski definition) is 1. The normalized spacial score (nSPS) is 16.4. The number of hydrogen-bond acceptors (Lipinski definition) is 5. The molecule has 1 saturated heterocycles. The summed E-state index contributed by atoms with van der Waals surface area (Å²) in [5.41, 5.74) is 0.529. The highest BCUT2D eigenvalue weighted by molar-refractivity contribution is 8.16. The maximum atomic E-state index is 11.2. The first-order chi connectivity index (χ1) is 8.59. The van der Waals surface area contributed by atoms with E-state index in [1.54, 1.807) is 29.6 Å². The standard InChI is InChI=1S/C11H11NO4S2/c13-10(14)9-6-7(12(15)16)2-3-8(9)11-17-4-1-5-18-11/h2-3,6,11H,1,4-5H2,(H,13,14). The summed E-state index contributed by atoms with van der Waals surface area (Å²) in [5, 5.41) is 19.8. The van der Waals surface area contributed by atoms with Crippen molar-refractivity contribution in [1.82, 2.24) is 0 Å². The molecule has 0 spiro atoms. The molecule has 0 aromatic heterocycles. The van der Waals surface area contributed by atoms with Crippen LogP contribution in [0.15, 0.2) is 18.2 Å². The lowest BCUT2D eigenvalue weighted by atomic mass is 10.1. The van der Waals surface area contributed by atoms with Crippen molar-refractivity contribution < 1.29 is 14.8 Å². The summed E-state index contributed by atoms with van der Waals surface area (Å²) in [6.45, 7) is 0. The van der Waals surface area contributed by atoms with E-state index >= 15 is 0 Å². The minimum atomic E-state index is -1.11. The molecule has 0 radical (unpaired) electrons. The number of nitro benzene ring substituents is 1. The molecule has 5 nitrogen and oxygen atoms in total. The molecule has 0 aliphatic carbocycles. The van der Waals surface area contributed by atoms with Crippen LogP contribution in [0.2, 0.25) is 0 Å². The molecule has 1 heterocycles. The van der Waals surface area contributed by atoms with Crippen molar-refractivity contribution in [3.63, 3.8) is 0 Å². The van der Waals surface area contributed by atoms with Gasteiger partial charge in [0.15, 0.2) is 0 Å². The monoisotopic (exact) mass is 285 g/mol. The molecule has 2 rings (SSSR count). The van der Waals surface area contributed by atoms with E-state index in [0.29, 0.717) is 5.56 Å². The fourth-order valence-electron chi connectivity index (χ4n) is 1.72. The first-order valence-electron chi connectivity index (χ1n) is 5.34. The van der Waals surface area contributed by atoms with E-state index in [0.717, 1.165) is 24.0 Å². The molecule has 1 aromatic carbocycles. The van der Waals surface area contributed by atoms with Crippen molar-refractivity contribution in [2.75, 3.05) is 11.5 Å². The van der Waals surface area contributed by atoms with Crippen molar-refractivity contribution in [3.05, 3.63) is 39.4 Å². The maximum absolute atomic E-state index is 11.2. The maximum Gasteiger partial charge on any atom is 0.336 e. The molecule has 0 amide bonds.